The first-order valence-corrected chi connectivity index (χ1v) is 27.5. The molecule has 80 heavy (non-hydrogen) atoms. The summed E-state index contributed by atoms with van der Waals surface area (Å²) in [7, 11) is 7.26. The highest BCUT2D eigenvalue weighted by molar-refractivity contribution is 6.27. The lowest BCUT2D eigenvalue weighted by Crippen LogP contribution is -2.34. The first-order chi connectivity index (χ1) is 37.3. The van der Waals surface area contributed by atoms with Crippen molar-refractivity contribution in [3.05, 3.63) is 185 Å². The lowest BCUT2D eigenvalue weighted by Gasteiger charge is -2.21. The molecule has 416 valence electrons. The van der Waals surface area contributed by atoms with Gasteiger partial charge in [0.15, 0.2) is 0 Å². The SMILES string of the molecule is CC(C)(C)C.CC(C)(C)C.CC(C)(C)C.CC(C)(C)C.CN(C)c1ccc2c3c(cccc13)C(=O)NC2=O.COc1ccc2c(C#Cc3c4ccccc4c(C#Cc4cccc5cc(OC)ccc45)c4ccccc34)cccc2c1. The number of carbonyl (C=O) groups is 2. The summed E-state index contributed by atoms with van der Waals surface area (Å²) in [5.74, 6) is 15.1. The number of nitrogens with one attached hydrogen (secondary N) is 1. The van der Waals surface area contributed by atoms with Crippen LogP contribution in [-0.4, -0.2) is 40.1 Å². The van der Waals surface area contributed by atoms with Gasteiger partial charge in [-0.1, -0.05) is 219 Å². The van der Waals surface area contributed by atoms with Crippen LogP contribution in [0.1, 0.15) is 154 Å². The minimum Gasteiger partial charge on any atom is -0.497 e. The number of fused-ring (bicyclic) bond motifs is 4. The van der Waals surface area contributed by atoms with Crippen LogP contribution >= 0.6 is 0 Å². The van der Waals surface area contributed by atoms with Gasteiger partial charge in [-0.15, -0.1) is 0 Å². The summed E-state index contributed by atoms with van der Waals surface area (Å²) < 4.78 is 10.9. The largest absolute Gasteiger partial charge is 0.497 e. The number of benzene rings is 9. The van der Waals surface area contributed by atoms with Crippen LogP contribution in [-0.2, 0) is 0 Å². The first kappa shape index (κ1) is 62.8. The molecule has 1 N–H and O–H groups in total. The predicted octanol–water partition coefficient (Wildman–Crippen LogP) is 19.1. The summed E-state index contributed by atoms with van der Waals surface area (Å²) >= 11 is 0. The second-order valence-electron chi connectivity index (χ2n) is 26.7. The van der Waals surface area contributed by atoms with Crippen LogP contribution in [0.4, 0.5) is 5.69 Å². The van der Waals surface area contributed by atoms with E-state index in [2.05, 4.69) is 225 Å². The van der Waals surface area contributed by atoms with Crippen LogP contribution in [0.5, 0.6) is 11.5 Å². The molecule has 0 atom stereocenters. The standard InChI is InChI=1S/C40H26O2.C14H12N2O2.4C5H12/c1-41-31-19-23-33-27(9-7-11-29(33)25-31)17-21-39-35-13-3-5-15-37(35)40(38-16-6-4-14-36(38)39)22-18-28-10-8-12-30-26-32(42-2)20-24-34(28)30;1-16(2)11-7-6-10-12-8(11)4-3-5-9(12)13(17)15-14(10)18;4*1-5(2,3)4/h3-16,19-20,23-26H,1-2H3;3-7H,1-2H3,(H,15,17,18);4*1-4H3. The number of amides is 2. The number of rotatable bonds is 3. The molecule has 0 fully saturated rings. The molecule has 0 spiro atoms. The number of hydrogen-bond acceptors (Lipinski definition) is 5. The normalized spacial score (nSPS) is 11.7. The molecule has 6 nitrogen and oxygen atoms in total. The second kappa shape index (κ2) is 26.7. The number of methoxy groups -OCH3 is 2. The average Bonchev–Trinajstić information content (AvgIpc) is 3.49. The van der Waals surface area contributed by atoms with Crippen molar-refractivity contribution >= 4 is 71.4 Å². The van der Waals surface area contributed by atoms with E-state index in [1.807, 2.05) is 73.6 Å². The Morgan fingerprint density at radius 1 is 0.375 bits per heavy atom. The lowest BCUT2D eigenvalue weighted by molar-refractivity contribution is 0.0844. The smallest absolute Gasteiger partial charge is 0.258 e. The van der Waals surface area contributed by atoms with Crippen molar-refractivity contribution in [1.29, 1.82) is 0 Å². The van der Waals surface area contributed by atoms with Gasteiger partial charge in [0.1, 0.15) is 11.5 Å². The molecule has 0 radical (unpaired) electrons. The number of anilines is 1. The Morgan fingerprint density at radius 3 is 1.06 bits per heavy atom. The van der Waals surface area contributed by atoms with Crippen molar-refractivity contribution < 1.29 is 19.1 Å². The Balaban J connectivity index is 0.000000252. The number of imide groups is 1. The molecule has 0 aliphatic carbocycles. The van der Waals surface area contributed by atoms with Gasteiger partial charge in [-0.2, -0.15) is 0 Å². The van der Waals surface area contributed by atoms with Gasteiger partial charge in [-0.25, -0.2) is 0 Å². The summed E-state index contributed by atoms with van der Waals surface area (Å²) in [6, 6.07) is 50.7. The minimum absolute atomic E-state index is 0.325. The fraction of sp³-hybridized carbons (Fsp3) is 0.324. The maximum Gasteiger partial charge on any atom is 0.258 e. The zero-order chi connectivity index (χ0) is 59.3. The van der Waals surface area contributed by atoms with Crippen LogP contribution in [0, 0.1) is 45.3 Å². The van der Waals surface area contributed by atoms with Gasteiger partial charge in [0.25, 0.3) is 11.8 Å². The fourth-order valence-corrected chi connectivity index (χ4v) is 8.05. The highest BCUT2D eigenvalue weighted by Crippen LogP contribution is 2.35. The molecular weight excluding hydrogens is 981 g/mol. The highest BCUT2D eigenvalue weighted by atomic mass is 16.5. The van der Waals surface area contributed by atoms with Crippen LogP contribution < -0.4 is 19.7 Å². The molecule has 0 saturated heterocycles. The summed E-state index contributed by atoms with van der Waals surface area (Å²) in [6.07, 6.45) is 0. The summed E-state index contributed by atoms with van der Waals surface area (Å²) in [5.41, 5.74) is 8.11. The molecule has 1 aliphatic rings. The molecule has 0 aromatic heterocycles. The van der Waals surface area contributed by atoms with Crippen molar-refractivity contribution in [2.75, 3.05) is 33.2 Å². The van der Waals surface area contributed by atoms with E-state index < -0.39 is 0 Å². The maximum atomic E-state index is 11.8. The molecule has 1 heterocycles. The predicted molar refractivity (Wildman–Crippen MR) is 345 cm³/mol. The van der Waals surface area contributed by atoms with E-state index in [0.29, 0.717) is 32.8 Å². The van der Waals surface area contributed by atoms with Gasteiger partial charge in [-0.05, 0) is 131 Å². The second-order valence-corrected chi connectivity index (χ2v) is 26.7. The highest BCUT2D eigenvalue weighted by Gasteiger charge is 2.26. The van der Waals surface area contributed by atoms with Gasteiger partial charge in [-0.3, -0.25) is 14.9 Å². The van der Waals surface area contributed by atoms with Gasteiger partial charge in [0.2, 0.25) is 0 Å². The molecule has 9 aromatic carbocycles. The van der Waals surface area contributed by atoms with E-state index in [1.54, 1.807) is 26.4 Å². The first-order valence-electron chi connectivity index (χ1n) is 27.5. The quantitative estimate of drug-likeness (QED) is 0.108. The third-order valence-corrected chi connectivity index (χ3v) is 11.0. The Labute approximate surface area is 479 Å². The van der Waals surface area contributed by atoms with Gasteiger partial charge < -0.3 is 14.4 Å². The van der Waals surface area contributed by atoms with Gasteiger partial charge in [0.05, 0.1) is 14.2 Å². The molecule has 0 saturated carbocycles. The lowest BCUT2D eigenvalue weighted by atomic mass is 9.91. The minimum atomic E-state index is -0.325. The van der Waals surface area contributed by atoms with E-state index >= 15 is 0 Å². The summed E-state index contributed by atoms with van der Waals surface area (Å²) in [6.45, 7) is 35.0. The Hall–Kier alpha value is -8.06. The molecule has 1 aliphatic heterocycles. The molecule has 0 unspecified atom stereocenters. The fourth-order valence-electron chi connectivity index (χ4n) is 8.05. The summed E-state index contributed by atoms with van der Waals surface area (Å²) in [5, 5.41) is 12.8. The van der Waals surface area contributed by atoms with E-state index in [-0.39, 0.29) is 11.8 Å². The molecule has 10 rings (SSSR count). The van der Waals surface area contributed by atoms with Gasteiger partial charge in [0, 0.05) is 63.9 Å². The van der Waals surface area contributed by atoms with Crippen LogP contribution in [0.2, 0.25) is 0 Å². The molecule has 9 aromatic rings. The van der Waals surface area contributed by atoms with E-state index in [9.17, 15) is 9.59 Å². The van der Waals surface area contributed by atoms with Crippen LogP contribution in [0.15, 0.2) is 152 Å². The number of carbonyl (C=O) groups excluding carboxylic acids is 2. The van der Waals surface area contributed by atoms with Crippen molar-refractivity contribution in [3.8, 4) is 35.2 Å². The molecule has 0 bridgehead atoms. The maximum absolute atomic E-state index is 11.8. The van der Waals surface area contributed by atoms with E-state index in [1.165, 1.54) is 0 Å². The van der Waals surface area contributed by atoms with Crippen LogP contribution in [0.3, 0.4) is 0 Å². The Kier molecular flexibility index (Phi) is 21.0. The van der Waals surface area contributed by atoms with Gasteiger partial charge >= 0.3 is 0 Å². The third kappa shape index (κ3) is 18.8. The Bertz CT molecular complexity index is 3460. The van der Waals surface area contributed by atoms with Crippen molar-refractivity contribution in [2.24, 2.45) is 21.7 Å². The monoisotopic (exact) mass is 1070 g/mol. The number of hydrogen-bond donors (Lipinski definition) is 1. The number of nitrogens with zero attached hydrogens (tertiary/aromatic N) is 1. The molecular formula is C74H86N2O4. The third-order valence-electron chi connectivity index (χ3n) is 11.0. The average molecular weight is 1070 g/mol. The zero-order valence-corrected chi connectivity index (χ0v) is 51.5. The molecule has 6 heteroatoms. The van der Waals surface area contributed by atoms with Crippen LogP contribution in [0.25, 0.3) is 53.9 Å². The molecule has 2 amide bonds. The van der Waals surface area contributed by atoms with E-state index in [4.69, 9.17) is 9.47 Å². The topological polar surface area (TPSA) is 67.9 Å². The Morgan fingerprint density at radius 2 is 0.713 bits per heavy atom. The zero-order valence-electron chi connectivity index (χ0n) is 51.5. The van der Waals surface area contributed by atoms with Crippen molar-refractivity contribution in [1.82, 2.24) is 5.32 Å². The van der Waals surface area contributed by atoms with Crippen molar-refractivity contribution in [2.45, 2.75) is 111 Å². The van der Waals surface area contributed by atoms with E-state index in [0.717, 1.165) is 93.3 Å². The summed E-state index contributed by atoms with van der Waals surface area (Å²) in [4.78, 5) is 25.6. The van der Waals surface area contributed by atoms with Crippen molar-refractivity contribution in [3.63, 3.8) is 0 Å². The number of ether oxygens (including phenoxy) is 2.